The topological polar surface area (TPSA) is 62.5 Å². The average molecular weight is 345 g/mol. The lowest BCUT2D eigenvalue weighted by atomic mass is 10.2. The normalized spacial score (nSPS) is 12.5. The predicted octanol–water partition coefficient (Wildman–Crippen LogP) is 3.16. The molecule has 20 heavy (non-hydrogen) atoms. The van der Waals surface area contributed by atoms with E-state index in [9.17, 15) is 9.59 Å². The third-order valence-corrected chi connectivity index (χ3v) is 3.71. The minimum atomic E-state index is -1.000. The Kier molecular flexibility index (Phi) is 5.80. The number of rotatable bonds is 6. The van der Waals surface area contributed by atoms with Crippen molar-refractivity contribution in [3.63, 3.8) is 0 Å². The van der Waals surface area contributed by atoms with Crippen LogP contribution in [-0.2, 0) is 4.79 Å². The van der Waals surface area contributed by atoms with E-state index in [0.717, 1.165) is 4.47 Å². The van der Waals surface area contributed by atoms with Crippen LogP contribution in [0.5, 0.6) is 0 Å². The number of aliphatic carboxylic acids is 1. The van der Waals surface area contributed by atoms with Crippen LogP contribution in [0.2, 0.25) is 0 Å². The molecule has 0 aliphatic heterocycles. The lowest BCUT2D eigenvalue weighted by Gasteiger charge is -2.27. The van der Waals surface area contributed by atoms with Crippen molar-refractivity contribution in [3.05, 3.63) is 22.4 Å². The summed E-state index contributed by atoms with van der Waals surface area (Å²) in [5.41, 5.74) is 0.508. The summed E-state index contributed by atoms with van der Waals surface area (Å²) in [6.45, 7) is 7.47. The largest absolute Gasteiger partial charge is 0.480 e. The molecule has 1 heterocycles. The van der Waals surface area contributed by atoms with Gasteiger partial charge in [0.1, 0.15) is 12.2 Å². The molecule has 0 aromatic carbocycles. The van der Waals surface area contributed by atoms with E-state index in [2.05, 4.69) is 15.9 Å². The second-order valence-electron chi connectivity index (χ2n) is 5.13. The van der Waals surface area contributed by atoms with E-state index in [0.29, 0.717) is 12.1 Å². The molecule has 1 unspecified atom stereocenters. The molecule has 6 heteroatoms. The van der Waals surface area contributed by atoms with Crippen LogP contribution in [0.3, 0.4) is 0 Å². The van der Waals surface area contributed by atoms with Crippen LogP contribution in [-0.4, -0.2) is 39.0 Å². The standard InChI is InChI=1S/C14H21BrN2O3/c1-5-10(4)17(8-13(18)19)14(20)12-6-11(15)7-16(12)9(2)3/h6-7,9-10H,5,8H2,1-4H3,(H,18,19). The lowest BCUT2D eigenvalue weighted by molar-refractivity contribution is -0.138. The van der Waals surface area contributed by atoms with E-state index >= 15 is 0 Å². The molecule has 1 aromatic heterocycles. The SMILES string of the molecule is CCC(C)N(CC(=O)O)C(=O)c1cc(Br)cn1C(C)C. The Morgan fingerprint density at radius 2 is 2.00 bits per heavy atom. The Labute approximate surface area is 127 Å². The van der Waals surface area contributed by atoms with Crippen molar-refractivity contribution in [3.8, 4) is 0 Å². The van der Waals surface area contributed by atoms with Gasteiger partial charge in [-0.05, 0) is 49.2 Å². The predicted molar refractivity (Wildman–Crippen MR) is 80.9 cm³/mol. The van der Waals surface area contributed by atoms with E-state index in [1.54, 1.807) is 6.07 Å². The molecule has 1 atom stereocenters. The number of amides is 1. The van der Waals surface area contributed by atoms with Crippen LogP contribution in [0.1, 0.15) is 50.6 Å². The maximum absolute atomic E-state index is 12.6. The highest BCUT2D eigenvalue weighted by Gasteiger charge is 2.26. The maximum atomic E-state index is 12.6. The number of halogens is 1. The summed E-state index contributed by atoms with van der Waals surface area (Å²) in [6.07, 6.45) is 2.55. The van der Waals surface area contributed by atoms with Gasteiger partial charge in [-0.2, -0.15) is 0 Å². The Bertz CT molecular complexity index is 497. The first-order valence-corrected chi connectivity index (χ1v) is 7.47. The summed E-state index contributed by atoms with van der Waals surface area (Å²) < 4.78 is 2.66. The van der Waals surface area contributed by atoms with Crippen LogP contribution < -0.4 is 0 Å². The number of carboxylic acid groups (broad SMARTS) is 1. The molecule has 112 valence electrons. The highest BCUT2D eigenvalue weighted by atomic mass is 79.9. The van der Waals surface area contributed by atoms with Crippen molar-refractivity contribution < 1.29 is 14.7 Å². The summed E-state index contributed by atoms with van der Waals surface area (Å²) in [6, 6.07) is 1.75. The smallest absolute Gasteiger partial charge is 0.323 e. The van der Waals surface area contributed by atoms with Gasteiger partial charge in [-0.1, -0.05) is 6.92 Å². The summed E-state index contributed by atoms with van der Waals surface area (Å²) in [5, 5.41) is 9.00. The van der Waals surface area contributed by atoms with Crippen molar-refractivity contribution >= 4 is 27.8 Å². The Morgan fingerprint density at radius 3 is 2.45 bits per heavy atom. The second kappa shape index (κ2) is 6.92. The molecule has 0 spiro atoms. The van der Waals surface area contributed by atoms with Crippen LogP contribution in [0, 0.1) is 0 Å². The van der Waals surface area contributed by atoms with E-state index < -0.39 is 5.97 Å². The van der Waals surface area contributed by atoms with Crippen LogP contribution in [0.15, 0.2) is 16.7 Å². The van der Waals surface area contributed by atoms with Crippen molar-refractivity contribution in [2.45, 2.75) is 46.2 Å². The Balaban J connectivity index is 3.14. The van der Waals surface area contributed by atoms with Crippen molar-refractivity contribution in [1.29, 1.82) is 0 Å². The molecule has 0 fully saturated rings. The number of hydrogen-bond donors (Lipinski definition) is 1. The Hall–Kier alpha value is -1.30. The number of carboxylic acids is 1. The number of aromatic nitrogens is 1. The van der Waals surface area contributed by atoms with Gasteiger partial charge in [-0.3, -0.25) is 9.59 Å². The fourth-order valence-electron chi connectivity index (χ4n) is 1.99. The molecule has 0 bridgehead atoms. The molecule has 0 aliphatic rings. The highest BCUT2D eigenvalue weighted by molar-refractivity contribution is 9.10. The molecule has 0 radical (unpaired) electrons. The fraction of sp³-hybridized carbons (Fsp3) is 0.571. The van der Waals surface area contributed by atoms with Crippen LogP contribution in [0.25, 0.3) is 0 Å². The molecule has 1 amide bonds. The maximum Gasteiger partial charge on any atom is 0.323 e. The van der Waals surface area contributed by atoms with Crippen LogP contribution in [0.4, 0.5) is 0 Å². The minimum Gasteiger partial charge on any atom is -0.480 e. The van der Waals surface area contributed by atoms with Crippen LogP contribution >= 0.6 is 15.9 Å². The Morgan fingerprint density at radius 1 is 1.40 bits per heavy atom. The molecule has 1 rings (SSSR count). The number of hydrogen-bond acceptors (Lipinski definition) is 2. The summed E-state index contributed by atoms with van der Waals surface area (Å²) in [4.78, 5) is 25.0. The summed E-state index contributed by atoms with van der Waals surface area (Å²) >= 11 is 3.37. The van der Waals surface area contributed by atoms with Crippen molar-refractivity contribution in [1.82, 2.24) is 9.47 Å². The second-order valence-corrected chi connectivity index (χ2v) is 6.04. The molecule has 0 saturated heterocycles. The van der Waals surface area contributed by atoms with Gasteiger partial charge >= 0.3 is 5.97 Å². The number of carbonyl (C=O) groups is 2. The molecule has 1 aromatic rings. The summed E-state index contributed by atoms with van der Waals surface area (Å²) in [5.74, 6) is -1.25. The lowest BCUT2D eigenvalue weighted by Crippen LogP contribution is -2.42. The molecule has 0 aliphatic carbocycles. The molecular formula is C14H21BrN2O3. The van der Waals surface area contributed by atoms with E-state index in [1.165, 1.54) is 4.90 Å². The van der Waals surface area contributed by atoms with Gasteiger partial charge in [-0.15, -0.1) is 0 Å². The van der Waals surface area contributed by atoms with Gasteiger partial charge < -0.3 is 14.6 Å². The van der Waals surface area contributed by atoms with Crippen molar-refractivity contribution in [2.24, 2.45) is 0 Å². The van der Waals surface area contributed by atoms with E-state index in [1.807, 2.05) is 38.5 Å². The quantitative estimate of drug-likeness (QED) is 0.861. The first-order valence-electron chi connectivity index (χ1n) is 6.68. The molecule has 1 N–H and O–H groups in total. The zero-order valence-corrected chi connectivity index (χ0v) is 13.8. The zero-order valence-electron chi connectivity index (χ0n) is 12.3. The number of carbonyl (C=O) groups excluding carboxylic acids is 1. The van der Waals surface area contributed by atoms with E-state index in [4.69, 9.17) is 5.11 Å². The minimum absolute atomic E-state index is 0.118. The van der Waals surface area contributed by atoms with Gasteiger partial charge in [-0.25, -0.2) is 0 Å². The van der Waals surface area contributed by atoms with Gasteiger partial charge in [0.2, 0.25) is 0 Å². The van der Waals surface area contributed by atoms with Gasteiger partial charge in [0.25, 0.3) is 5.91 Å². The fourth-order valence-corrected chi connectivity index (χ4v) is 2.42. The van der Waals surface area contributed by atoms with Crippen molar-refractivity contribution in [2.75, 3.05) is 6.54 Å². The third-order valence-electron chi connectivity index (χ3n) is 3.28. The average Bonchev–Trinajstić information content (AvgIpc) is 2.76. The molecular weight excluding hydrogens is 324 g/mol. The van der Waals surface area contributed by atoms with Gasteiger partial charge in [0.05, 0.1) is 0 Å². The van der Waals surface area contributed by atoms with E-state index in [-0.39, 0.29) is 24.5 Å². The van der Waals surface area contributed by atoms with Gasteiger partial charge in [0, 0.05) is 22.8 Å². The van der Waals surface area contributed by atoms with Gasteiger partial charge in [0.15, 0.2) is 0 Å². The molecule has 0 saturated carbocycles. The summed E-state index contributed by atoms with van der Waals surface area (Å²) in [7, 11) is 0. The molecule has 5 nitrogen and oxygen atoms in total. The first-order chi connectivity index (χ1) is 9.27. The highest BCUT2D eigenvalue weighted by Crippen LogP contribution is 2.21. The third kappa shape index (κ3) is 3.85. The first kappa shape index (κ1) is 16.8. The zero-order chi connectivity index (χ0) is 15.4. The number of nitrogens with zero attached hydrogens (tertiary/aromatic N) is 2. The monoisotopic (exact) mass is 344 g/mol.